The van der Waals surface area contributed by atoms with E-state index in [0.717, 1.165) is 48.5 Å². The lowest BCUT2D eigenvalue weighted by molar-refractivity contribution is -0.131. The van der Waals surface area contributed by atoms with Crippen molar-refractivity contribution in [2.75, 3.05) is 7.05 Å². The Hall–Kier alpha value is -2.89. The van der Waals surface area contributed by atoms with Crippen molar-refractivity contribution in [1.29, 1.82) is 0 Å². The monoisotopic (exact) mass is 350 g/mol. The van der Waals surface area contributed by atoms with Gasteiger partial charge in [0.2, 0.25) is 5.91 Å². The van der Waals surface area contributed by atoms with E-state index in [1.165, 1.54) is 5.56 Å². The first-order valence-electron chi connectivity index (χ1n) is 8.99. The predicted octanol–water partition coefficient (Wildman–Crippen LogP) is 3.08. The van der Waals surface area contributed by atoms with Gasteiger partial charge in [0.1, 0.15) is 23.8 Å². The summed E-state index contributed by atoms with van der Waals surface area (Å²) >= 11 is 0. The Morgan fingerprint density at radius 2 is 2.04 bits per heavy atom. The standard InChI is InChI=1S/C20H22N4O2/c1-23(13-17-16-9-5-6-10-18(16)26-22-17)19(25)14-24-12-11-21-20(24)15-7-3-2-4-8-15/h2-4,7-8,11-12H,5-6,9-10,13-14H2,1H3. The highest BCUT2D eigenvalue weighted by Crippen LogP contribution is 2.25. The first kappa shape index (κ1) is 16.6. The topological polar surface area (TPSA) is 64.2 Å². The van der Waals surface area contributed by atoms with Gasteiger partial charge in [-0.25, -0.2) is 4.98 Å². The third kappa shape index (κ3) is 3.27. The second-order valence-corrected chi connectivity index (χ2v) is 6.73. The summed E-state index contributed by atoms with van der Waals surface area (Å²) < 4.78 is 7.33. The van der Waals surface area contributed by atoms with Gasteiger partial charge >= 0.3 is 0 Å². The van der Waals surface area contributed by atoms with Crippen LogP contribution in [0.2, 0.25) is 0 Å². The van der Waals surface area contributed by atoms with Crippen LogP contribution in [0.1, 0.15) is 29.9 Å². The summed E-state index contributed by atoms with van der Waals surface area (Å²) in [6, 6.07) is 9.89. The lowest BCUT2D eigenvalue weighted by Crippen LogP contribution is -2.30. The van der Waals surface area contributed by atoms with Crippen LogP contribution in [0.3, 0.4) is 0 Å². The SMILES string of the molecule is CN(Cc1noc2c1CCCC2)C(=O)Cn1ccnc1-c1ccccc1. The van der Waals surface area contributed by atoms with Crippen LogP contribution in [0, 0.1) is 0 Å². The Morgan fingerprint density at radius 3 is 2.88 bits per heavy atom. The number of carbonyl (C=O) groups excluding carboxylic acids is 1. The van der Waals surface area contributed by atoms with E-state index in [-0.39, 0.29) is 12.5 Å². The lowest BCUT2D eigenvalue weighted by atomic mass is 9.96. The molecule has 2 heterocycles. The minimum atomic E-state index is 0.0211. The normalized spacial score (nSPS) is 13.4. The van der Waals surface area contributed by atoms with Crippen LogP contribution in [0.4, 0.5) is 0 Å². The number of carbonyl (C=O) groups is 1. The number of fused-ring (bicyclic) bond motifs is 1. The Labute approximate surface area is 152 Å². The van der Waals surface area contributed by atoms with Crippen molar-refractivity contribution >= 4 is 5.91 Å². The number of hydrogen-bond donors (Lipinski definition) is 0. The van der Waals surface area contributed by atoms with Gasteiger partial charge in [-0.05, 0) is 19.3 Å². The molecule has 0 spiro atoms. The van der Waals surface area contributed by atoms with E-state index in [9.17, 15) is 4.79 Å². The number of benzene rings is 1. The second kappa shape index (κ2) is 7.15. The molecule has 1 aliphatic rings. The van der Waals surface area contributed by atoms with Gasteiger partial charge in [-0.15, -0.1) is 0 Å². The van der Waals surface area contributed by atoms with Crippen LogP contribution >= 0.6 is 0 Å². The number of aromatic nitrogens is 3. The molecule has 0 N–H and O–H groups in total. The summed E-state index contributed by atoms with van der Waals surface area (Å²) in [4.78, 5) is 18.8. The van der Waals surface area contributed by atoms with E-state index in [4.69, 9.17) is 4.52 Å². The van der Waals surface area contributed by atoms with Crippen molar-refractivity contribution in [3.63, 3.8) is 0 Å². The summed E-state index contributed by atoms with van der Waals surface area (Å²) in [5.41, 5.74) is 3.09. The molecule has 0 fully saturated rings. The molecule has 2 aromatic heterocycles. The maximum Gasteiger partial charge on any atom is 0.242 e. The molecule has 4 rings (SSSR count). The maximum atomic E-state index is 12.7. The smallest absolute Gasteiger partial charge is 0.242 e. The molecule has 6 heteroatoms. The summed E-state index contributed by atoms with van der Waals surface area (Å²) in [5, 5.41) is 4.19. The largest absolute Gasteiger partial charge is 0.361 e. The minimum Gasteiger partial charge on any atom is -0.361 e. The van der Waals surface area contributed by atoms with E-state index >= 15 is 0 Å². The van der Waals surface area contributed by atoms with E-state index in [0.29, 0.717) is 6.54 Å². The number of hydrogen-bond acceptors (Lipinski definition) is 4. The minimum absolute atomic E-state index is 0.0211. The van der Waals surface area contributed by atoms with Gasteiger partial charge in [-0.1, -0.05) is 35.5 Å². The molecule has 0 radical (unpaired) electrons. The zero-order chi connectivity index (χ0) is 17.9. The van der Waals surface area contributed by atoms with Gasteiger partial charge in [-0.3, -0.25) is 4.79 Å². The van der Waals surface area contributed by atoms with Crippen LogP contribution in [0.25, 0.3) is 11.4 Å². The number of aryl methyl sites for hydroxylation is 1. The van der Waals surface area contributed by atoms with Crippen LogP contribution in [0.5, 0.6) is 0 Å². The number of amides is 1. The third-order valence-electron chi connectivity index (χ3n) is 4.90. The Bertz CT molecular complexity index is 898. The Morgan fingerprint density at radius 1 is 1.23 bits per heavy atom. The van der Waals surface area contributed by atoms with E-state index in [2.05, 4.69) is 10.1 Å². The van der Waals surface area contributed by atoms with Crippen molar-refractivity contribution in [2.24, 2.45) is 0 Å². The molecule has 0 aliphatic heterocycles. The van der Waals surface area contributed by atoms with E-state index < -0.39 is 0 Å². The molecule has 1 aromatic carbocycles. The highest BCUT2D eigenvalue weighted by atomic mass is 16.5. The van der Waals surface area contributed by atoms with Crippen molar-refractivity contribution in [3.05, 3.63) is 59.7 Å². The quantitative estimate of drug-likeness (QED) is 0.709. The van der Waals surface area contributed by atoms with Crippen molar-refractivity contribution < 1.29 is 9.32 Å². The predicted molar refractivity (Wildman–Crippen MR) is 97.3 cm³/mol. The molecule has 0 saturated heterocycles. The molecule has 0 bridgehead atoms. The highest BCUT2D eigenvalue weighted by molar-refractivity contribution is 5.76. The van der Waals surface area contributed by atoms with Crippen molar-refractivity contribution in [2.45, 2.75) is 38.8 Å². The van der Waals surface area contributed by atoms with Gasteiger partial charge in [0.25, 0.3) is 0 Å². The molecule has 1 amide bonds. The molecule has 1 aliphatic carbocycles. The molecule has 26 heavy (non-hydrogen) atoms. The zero-order valence-corrected chi connectivity index (χ0v) is 14.9. The van der Waals surface area contributed by atoms with Gasteiger partial charge in [0.05, 0.1) is 6.54 Å². The molecule has 0 unspecified atom stereocenters. The third-order valence-corrected chi connectivity index (χ3v) is 4.90. The van der Waals surface area contributed by atoms with E-state index in [1.54, 1.807) is 11.1 Å². The van der Waals surface area contributed by atoms with Crippen LogP contribution in [-0.4, -0.2) is 32.6 Å². The molecule has 134 valence electrons. The number of likely N-dealkylation sites (N-methyl/N-ethyl adjacent to an activating group) is 1. The summed E-state index contributed by atoms with van der Waals surface area (Å²) in [6.07, 6.45) is 7.83. The molecule has 0 saturated carbocycles. The van der Waals surface area contributed by atoms with Gasteiger partial charge < -0.3 is 14.0 Å². The highest BCUT2D eigenvalue weighted by Gasteiger charge is 2.22. The van der Waals surface area contributed by atoms with E-state index in [1.807, 2.05) is 48.1 Å². The number of imidazole rings is 1. The molecule has 3 aromatic rings. The fourth-order valence-electron chi connectivity index (χ4n) is 3.44. The Kier molecular flexibility index (Phi) is 4.56. The number of rotatable bonds is 5. The molecular weight excluding hydrogens is 328 g/mol. The average Bonchev–Trinajstić information content (AvgIpc) is 3.30. The summed E-state index contributed by atoms with van der Waals surface area (Å²) in [7, 11) is 1.81. The van der Waals surface area contributed by atoms with Crippen molar-refractivity contribution in [1.82, 2.24) is 19.6 Å². The first-order chi connectivity index (χ1) is 12.7. The number of nitrogens with zero attached hydrogens (tertiary/aromatic N) is 4. The fourth-order valence-corrected chi connectivity index (χ4v) is 3.44. The zero-order valence-electron chi connectivity index (χ0n) is 14.9. The maximum absolute atomic E-state index is 12.7. The fraction of sp³-hybridized carbons (Fsp3) is 0.350. The van der Waals surface area contributed by atoms with Gasteiger partial charge in [0, 0.05) is 37.0 Å². The summed E-state index contributed by atoms with van der Waals surface area (Å²) in [6.45, 7) is 0.730. The van der Waals surface area contributed by atoms with Crippen LogP contribution in [0.15, 0.2) is 47.2 Å². The Balaban J connectivity index is 1.46. The van der Waals surface area contributed by atoms with Gasteiger partial charge in [-0.2, -0.15) is 0 Å². The van der Waals surface area contributed by atoms with Crippen LogP contribution in [-0.2, 0) is 30.7 Å². The lowest BCUT2D eigenvalue weighted by Gasteiger charge is -2.18. The molecule has 0 atom stereocenters. The first-order valence-corrected chi connectivity index (χ1v) is 8.99. The van der Waals surface area contributed by atoms with Crippen molar-refractivity contribution in [3.8, 4) is 11.4 Å². The van der Waals surface area contributed by atoms with Crippen LogP contribution < -0.4 is 0 Å². The second-order valence-electron chi connectivity index (χ2n) is 6.73. The average molecular weight is 350 g/mol. The molecule has 6 nitrogen and oxygen atoms in total. The summed E-state index contributed by atoms with van der Waals surface area (Å²) in [5.74, 6) is 1.81. The van der Waals surface area contributed by atoms with Gasteiger partial charge in [0.15, 0.2) is 0 Å². The molecular formula is C20H22N4O2.